The number of unbranched alkanes of at least 4 members (excludes halogenated alkanes) is 45. The molecule has 0 aromatic heterocycles. The Balaban J connectivity index is 0.000000891. The maximum Gasteiger partial charge on any atom is 0.407 e. The number of hydrogen-bond donors (Lipinski definition) is 5. The maximum absolute atomic E-state index is 13.7. The predicted molar refractivity (Wildman–Crippen MR) is 427 cm³/mol. The third-order valence-electron chi connectivity index (χ3n) is 20.6. The van der Waals surface area contributed by atoms with Crippen molar-refractivity contribution in [3.05, 3.63) is 95.4 Å². The molecule has 0 fully saturated rings. The van der Waals surface area contributed by atoms with Crippen molar-refractivity contribution in [1.82, 2.24) is 21.3 Å². The van der Waals surface area contributed by atoms with Crippen molar-refractivity contribution >= 4 is 41.7 Å². The summed E-state index contributed by atoms with van der Waals surface area (Å²) in [4.78, 5) is 63.5. The summed E-state index contributed by atoms with van der Waals surface area (Å²) in [5.74, 6) is 0.646. The predicted octanol–water partition coefficient (Wildman–Crippen LogP) is 23.0. The molecule has 1 spiro atoms. The fraction of sp³-hybridized carbons (Fsp3) is 0.724. The molecule has 17 heteroatoms. The van der Waals surface area contributed by atoms with E-state index in [1.165, 1.54) is 277 Å². The lowest BCUT2D eigenvalue weighted by atomic mass is 9.75. The minimum atomic E-state index is -1.29. The summed E-state index contributed by atoms with van der Waals surface area (Å²) >= 11 is 0. The van der Waals surface area contributed by atoms with Gasteiger partial charge in [-0.2, -0.15) is 0 Å². The molecular formula is C87H145N6O11+. The number of nitrogens with zero attached hydrogens (tertiary/aromatic N) is 2. The zero-order chi connectivity index (χ0) is 74.6. The maximum atomic E-state index is 13.7. The Morgan fingerprint density at radius 1 is 0.500 bits per heavy atom. The monoisotopic (exact) mass is 1450 g/mol. The number of carbonyl (C=O) groups excluding carboxylic acids is 4. The first-order valence-corrected chi connectivity index (χ1v) is 42.2. The first-order valence-electron chi connectivity index (χ1n) is 42.2. The molecular weight excluding hydrogens is 1300 g/mol. The van der Waals surface area contributed by atoms with Crippen LogP contribution in [-0.4, -0.2) is 112 Å². The van der Waals surface area contributed by atoms with Gasteiger partial charge in [0, 0.05) is 61.2 Å². The molecule has 0 radical (unpaired) electrons. The molecule has 2 aromatic carbocycles. The number of allylic oxidation sites excluding steroid dienone is 2. The molecule has 1 atom stereocenters. The summed E-state index contributed by atoms with van der Waals surface area (Å²) in [5.41, 5.74) is 2.85. The lowest BCUT2D eigenvalue weighted by Crippen LogP contribution is -2.38. The molecule has 2 aromatic rings. The highest BCUT2D eigenvalue weighted by atomic mass is 16.6. The standard InChI is InChI=1S/C68H105N5O9.C19H39NO2/c1-5-8-10-12-14-16-18-20-22-24-26-28-30-32-34-38-46-70-66(76)79-51-48-72(7-3)56-42-44-60-62(54-56)81-63-55-57(43-45-61(63)68(60)59-41-37-36-40-58(59)64(74)82-68)73(49-52-78-65(75)69-4)50-53-80-67(77)71-47-39-35-33-31-29-27-25-23-21-19-17-15-13-11-9-6-2;1-2-3-4-5-6-7-8-9-10-11-12-13-14-15-16-17-18-20-19(21)22/h7,36-37,40-45,54H,3,5-6,8-35,38-39,46-53,55H2,1-2,4H3,(H2-,69,70,71,75,76,77);20H,2-18H2,1H3,(H,21,22)/p+1. The molecule has 104 heavy (non-hydrogen) atoms. The van der Waals surface area contributed by atoms with Crippen molar-refractivity contribution in [3.63, 3.8) is 0 Å². The van der Waals surface area contributed by atoms with Crippen LogP contribution in [0.3, 0.4) is 0 Å². The van der Waals surface area contributed by atoms with Gasteiger partial charge in [0.15, 0.2) is 37.6 Å². The number of anilines is 1. The Morgan fingerprint density at radius 3 is 1.29 bits per heavy atom. The van der Waals surface area contributed by atoms with Crippen LogP contribution in [0.4, 0.5) is 24.9 Å². The van der Waals surface area contributed by atoms with E-state index >= 15 is 0 Å². The number of carboxylic acid groups (broad SMARTS) is 1. The summed E-state index contributed by atoms with van der Waals surface area (Å²) in [6.45, 7) is 13.9. The quantitative estimate of drug-likeness (QED) is 0.0182. The van der Waals surface area contributed by atoms with E-state index in [2.05, 4.69) is 48.6 Å². The van der Waals surface area contributed by atoms with Gasteiger partial charge in [0.2, 0.25) is 0 Å². The molecule has 1 unspecified atom stereocenters. The zero-order valence-electron chi connectivity index (χ0n) is 65.9. The molecule has 0 saturated heterocycles. The number of carbonyl (C=O) groups is 5. The van der Waals surface area contributed by atoms with Crippen molar-refractivity contribution in [1.29, 1.82) is 0 Å². The second-order valence-electron chi connectivity index (χ2n) is 29.3. The van der Waals surface area contributed by atoms with Crippen LogP contribution in [0.25, 0.3) is 0 Å². The van der Waals surface area contributed by atoms with Gasteiger partial charge in [-0.3, -0.25) is 0 Å². The first-order chi connectivity index (χ1) is 51.0. The molecule has 2 heterocycles. The average Bonchev–Trinajstić information content (AvgIpc) is 1.41. The van der Waals surface area contributed by atoms with Gasteiger partial charge in [0.1, 0.15) is 18.1 Å². The van der Waals surface area contributed by atoms with Gasteiger partial charge in [-0.1, -0.05) is 334 Å². The minimum Gasteiger partial charge on any atom is -0.465 e. The largest absolute Gasteiger partial charge is 0.465 e. The fourth-order valence-electron chi connectivity index (χ4n) is 14.4. The SMILES string of the molecule is C=CN(CCOC(=O)NCCCCCCCCCCCCCCCCCC)c1ccc2c(c1)OC1=C(C=CC(=[N+](CCOC(=O)NC)CCOC(=O)NCCCCCCCCCCCCCCCCCC)C1)C21OC(=O)c2ccccc21.CCCCCCCCCCCCCCCCCCNC(=O)O. The van der Waals surface area contributed by atoms with E-state index in [-0.39, 0.29) is 19.8 Å². The molecule has 3 aliphatic rings. The molecule has 588 valence electrons. The van der Waals surface area contributed by atoms with E-state index in [1.54, 1.807) is 12.3 Å². The molecule has 5 N–H and O–H groups in total. The number of amides is 4. The first kappa shape index (κ1) is 89.9. The van der Waals surface area contributed by atoms with Crippen LogP contribution in [0.5, 0.6) is 5.75 Å². The Labute approximate surface area is 630 Å². The Kier molecular flexibility index (Phi) is 51.5. The van der Waals surface area contributed by atoms with E-state index in [4.69, 9.17) is 28.8 Å². The number of alkyl carbamates (subject to hydrolysis) is 3. The van der Waals surface area contributed by atoms with Gasteiger partial charge in [-0.05, 0) is 49.7 Å². The van der Waals surface area contributed by atoms with Crippen LogP contribution in [0.15, 0.2) is 78.7 Å². The van der Waals surface area contributed by atoms with Crippen LogP contribution in [0.2, 0.25) is 0 Å². The lowest BCUT2D eigenvalue weighted by Gasteiger charge is -2.38. The molecule has 17 nitrogen and oxygen atoms in total. The van der Waals surface area contributed by atoms with Gasteiger partial charge in [-0.25, -0.2) is 28.5 Å². The fourth-order valence-corrected chi connectivity index (χ4v) is 14.4. The Hall–Kier alpha value is -6.52. The Morgan fingerprint density at radius 2 is 0.885 bits per heavy atom. The number of rotatable bonds is 62. The smallest absolute Gasteiger partial charge is 0.407 e. The van der Waals surface area contributed by atoms with Gasteiger partial charge >= 0.3 is 30.3 Å². The van der Waals surface area contributed by atoms with Crippen LogP contribution in [0.1, 0.15) is 357 Å². The van der Waals surface area contributed by atoms with Crippen LogP contribution in [0, 0.1) is 0 Å². The minimum absolute atomic E-state index is 0.0820. The second kappa shape index (κ2) is 59.6. The van der Waals surface area contributed by atoms with E-state index in [0.717, 1.165) is 49.9 Å². The number of ether oxygens (including phenoxy) is 5. The molecule has 2 aliphatic heterocycles. The normalized spacial score (nSPS) is 14.5. The average molecular weight is 1450 g/mol. The third-order valence-corrected chi connectivity index (χ3v) is 20.6. The Bertz CT molecular complexity index is 2750. The molecule has 4 amide bonds. The van der Waals surface area contributed by atoms with E-state index in [9.17, 15) is 24.0 Å². The highest BCUT2D eigenvalue weighted by Crippen LogP contribution is 2.55. The summed E-state index contributed by atoms with van der Waals surface area (Å²) in [6, 6.07) is 13.2. The molecule has 1 aliphatic carbocycles. The van der Waals surface area contributed by atoms with Gasteiger partial charge < -0.3 is 55.0 Å². The van der Waals surface area contributed by atoms with E-state index in [1.807, 2.05) is 58.0 Å². The van der Waals surface area contributed by atoms with Crippen molar-refractivity contribution in [2.45, 2.75) is 341 Å². The highest BCUT2D eigenvalue weighted by Gasteiger charge is 2.55. The summed E-state index contributed by atoms with van der Waals surface area (Å²) in [7, 11) is 1.51. The summed E-state index contributed by atoms with van der Waals surface area (Å²) in [5, 5.41) is 19.2. The number of esters is 1. The topological polar surface area (TPSA) is 206 Å². The van der Waals surface area contributed by atoms with E-state index < -0.39 is 35.9 Å². The van der Waals surface area contributed by atoms with Crippen molar-refractivity contribution in [3.8, 4) is 5.75 Å². The number of hydrogen-bond acceptors (Lipinski definition) is 11. The van der Waals surface area contributed by atoms with Crippen LogP contribution >= 0.6 is 0 Å². The number of benzene rings is 2. The van der Waals surface area contributed by atoms with Crippen molar-refractivity contribution in [2.24, 2.45) is 0 Å². The summed E-state index contributed by atoms with van der Waals surface area (Å²) < 4.78 is 32.0. The van der Waals surface area contributed by atoms with Crippen molar-refractivity contribution in [2.75, 3.05) is 71.0 Å². The highest BCUT2D eigenvalue weighted by molar-refractivity contribution is 5.99. The van der Waals surface area contributed by atoms with Crippen LogP contribution in [-0.2, 0) is 24.5 Å². The molecule has 0 saturated carbocycles. The summed E-state index contributed by atoms with van der Waals surface area (Å²) in [6.07, 6.45) is 66.6. The molecule has 0 bridgehead atoms. The third kappa shape index (κ3) is 38.7. The van der Waals surface area contributed by atoms with Crippen LogP contribution < -0.4 is 30.9 Å². The van der Waals surface area contributed by atoms with Gasteiger partial charge in [0.25, 0.3) is 0 Å². The zero-order valence-corrected chi connectivity index (χ0v) is 65.9. The second-order valence-corrected chi connectivity index (χ2v) is 29.3. The van der Waals surface area contributed by atoms with E-state index in [0.29, 0.717) is 79.5 Å². The number of nitrogens with one attached hydrogen (secondary N) is 4. The van der Waals surface area contributed by atoms with Crippen molar-refractivity contribution < 1.29 is 57.3 Å². The lowest BCUT2D eigenvalue weighted by molar-refractivity contribution is -0.531. The van der Waals surface area contributed by atoms with Gasteiger partial charge in [-0.15, -0.1) is 0 Å². The number of fused-ring (bicyclic) bond motifs is 5. The van der Waals surface area contributed by atoms with Gasteiger partial charge in [0.05, 0.1) is 18.5 Å². The molecule has 5 rings (SSSR count).